The molecule has 18 heavy (non-hydrogen) atoms. The molecule has 0 saturated heterocycles. The van der Waals surface area contributed by atoms with E-state index in [4.69, 9.17) is 5.73 Å². The number of nitrogens with two attached hydrogens (primary N) is 1. The van der Waals surface area contributed by atoms with Crippen LogP contribution in [0.5, 0.6) is 5.75 Å². The second kappa shape index (κ2) is 4.92. The van der Waals surface area contributed by atoms with Gasteiger partial charge in [0.1, 0.15) is 5.75 Å². The third-order valence-electron chi connectivity index (χ3n) is 3.07. The molecule has 1 fully saturated rings. The maximum atomic E-state index is 9.20. The fraction of sp³-hybridized carbons (Fsp3) is 0.231. The SMILES string of the molecule is Cl.N[C@@H]1C[C@H]1c1cnc(-c2ccc(O)cc2)nc1. The predicted molar refractivity (Wildman–Crippen MR) is 71.7 cm³/mol. The van der Waals surface area contributed by atoms with Crippen LogP contribution in [0, 0.1) is 0 Å². The summed E-state index contributed by atoms with van der Waals surface area (Å²) in [5, 5.41) is 9.20. The van der Waals surface area contributed by atoms with Gasteiger partial charge in [0.2, 0.25) is 0 Å². The zero-order chi connectivity index (χ0) is 11.8. The molecular formula is C13H14ClN3O. The highest BCUT2D eigenvalue weighted by atomic mass is 35.5. The number of nitrogens with zero attached hydrogens (tertiary/aromatic N) is 2. The van der Waals surface area contributed by atoms with E-state index >= 15 is 0 Å². The van der Waals surface area contributed by atoms with Crippen LogP contribution >= 0.6 is 12.4 Å². The standard InChI is InChI=1S/C13H13N3O.ClH/c14-12-5-11(12)9-6-15-13(16-7-9)8-1-3-10(17)4-2-8;/h1-4,6-7,11-12,17H,5,14H2;1H/t11-,12+;/m0./s1. The van der Waals surface area contributed by atoms with E-state index in [1.54, 1.807) is 24.3 Å². The Labute approximate surface area is 111 Å². The molecule has 0 aliphatic heterocycles. The molecule has 0 unspecified atom stereocenters. The van der Waals surface area contributed by atoms with Crippen molar-refractivity contribution < 1.29 is 5.11 Å². The molecule has 94 valence electrons. The van der Waals surface area contributed by atoms with Crippen LogP contribution in [-0.4, -0.2) is 21.1 Å². The summed E-state index contributed by atoms with van der Waals surface area (Å²) in [6.45, 7) is 0. The fourth-order valence-corrected chi connectivity index (χ4v) is 1.89. The number of hydrogen-bond acceptors (Lipinski definition) is 4. The van der Waals surface area contributed by atoms with Crippen LogP contribution < -0.4 is 5.73 Å². The number of hydrogen-bond donors (Lipinski definition) is 2. The lowest BCUT2D eigenvalue weighted by Crippen LogP contribution is -2.01. The Morgan fingerprint density at radius 1 is 1.11 bits per heavy atom. The molecule has 0 spiro atoms. The number of aromatic nitrogens is 2. The average Bonchev–Trinajstić information content (AvgIpc) is 3.08. The van der Waals surface area contributed by atoms with Crippen molar-refractivity contribution in [2.45, 2.75) is 18.4 Å². The fourth-order valence-electron chi connectivity index (χ4n) is 1.89. The Balaban J connectivity index is 0.00000120. The van der Waals surface area contributed by atoms with Crippen LogP contribution in [-0.2, 0) is 0 Å². The molecule has 1 aromatic carbocycles. The average molecular weight is 264 g/mol. The van der Waals surface area contributed by atoms with Crippen molar-refractivity contribution in [2.24, 2.45) is 5.73 Å². The van der Waals surface area contributed by atoms with E-state index < -0.39 is 0 Å². The summed E-state index contributed by atoms with van der Waals surface area (Å²) < 4.78 is 0. The minimum absolute atomic E-state index is 0. The summed E-state index contributed by atoms with van der Waals surface area (Å²) >= 11 is 0. The zero-order valence-electron chi connectivity index (χ0n) is 9.65. The van der Waals surface area contributed by atoms with E-state index in [9.17, 15) is 5.11 Å². The van der Waals surface area contributed by atoms with Crippen LogP contribution in [0.3, 0.4) is 0 Å². The molecule has 0 radical (unpaired) electrons. The largest absolute Gasteiger partial charge is 0.508 e. The lowest BCUT2D eigenvalue weighted by molar-refractivity contribution is 0.475. The first-order chi connectivity index (χ1) is 8.24. The normalized spacial score (nSPS) is 21.2. The molecule has 1 aliphatic carbocycles. The van der Waals surface area contributed by atoms with Gasteiger partial charge in [-0.2, -0.15) is 0 Å². The van der Waals surface area contributed by atoms with Gasteiger partial charge in [0.05, 0.1) is 0 Å². The molecular weight excluding hydrogens is 250 g/mol. The van der Waals surface area contributed by atoms with Gasteiger partial charge in [-0.1, -0.05) is 0 Å². The van der Waals surface area contributed by atoms with Gasteiger partial charge >= 0.3 is 0 Å². The van der Waals surface area contributed by atoms with Crippen molar-refractivity contribution in [3.05, 3.63) is 42.2 Å². The summed E-state index contributed by atoms with van der Waals surface area (Å²) in [4.78, 5) is 8.65. The molecule has 2 aromatic rings. The third-order valence-corrected chi connectivity index (χ3v) is 3.07. The van der Waals surface area contributed by atoms with E-state index in [0.717, 1.165) is 17.5 Å². The molecule has 4 nitrogen and oxygen atoms in total. The van der Waals surface area contributed by atoms with Gasteiger partial charge in [-0.25, -0.2) is 9.97 Å². The van der Waals surface area contributed by atoms with Gasteiger partial charge in [-0.3, -0.25) is 0 Å². The van der Waals surface area contributed by atoms with Crippen molar-refractivity contribution in [2.75, 3.05) is 0 Å². The van der Waals surface area contributed by atoms with Gasteiger partial charge in [0.25, 0.3) is 0 Å². The summed E-state index contributed by atoms with van der Waals surface area (Å²) in [5.74, 6) is 1.35. The summed E-state index contributed by atoms with van der Waals surface area (Å²) in [7, 11) is 0. The third kappa shape index (κ3) is 2.44. The van der Waals surface area contributed by atoms with Crippen LogP contribution in [0.15, 0.2) is 36.7 Å². The lowest BCUT2D eigenvalue weighted by Gasteiger charge is -2.02. The van der Waals surface area contributed by atoms with Crippen LogP contribution in [0.1, 0.15) is 17.9 Å². The molecule has 0 amide bonds. The quantitative estimate of drug-likeness (QED) is 0.870. The van der Waals surface area contributed by atoms with E-state index in [2.05, 4.69) is 9.97 Å². The van der Waals surface area contributed by atoms with Crippen LogP contribution in [0.25, 0.3) is 11.4 Å². The van der Waals surface area contributed by atoms with Crippen molar-refractivity contribution in [1.82, 2.24) is 9.97 Å². The lowest BCUT2D eigenvalue weighted by atomic mass is 10.2. The number of phenolic OH excluding ortho intramolecular Hbond substituents is 1. The first-order valence-corrected chi connectivity index (χ1v) is 5.61. The van der Waals surface area contributed by atoms with E-state index in [1.807, 2.05) is 12.4 Å². The van der Waals surface area contributed by atoms with E-state index in [0.29, 0.717) is 11.7 Å². The maximum Gasteiger partial charge on any atom is 0.159 e. The van der Waals surface area contributed by atoms with Crippen molar-refractivity contribution in [3.8, 4) is 17.1 Å². The predicted octanol–water partition coefficient (Wildman–Crippen LogP) is 2.09. The molecule has 3 rings (SSSR count). The van der Waals surface area contributed by atoms with Crippen LogP contribution in [0.2, 0.25) is 0 Å². The second-order valence-electron chi connectivity index (χ2n) is 4.39. The van der Waals surface area contributed by atoms with E-state index in [-0.39, 0.29) is 24.2 Å². The Kier molecular flexibility index (Phi) is 3.50. The van der Waals surface area contributed by atoms with Crippen LogP contribution in [0.4, 0.5) is 0 Å². The number of benzene rings is 1. The summed E-state index contributed by atoms with van der Waals surface area (Å²) in [6, 6.07) is 7.13. The molecule has 1 aromatic heterocycles. The highest BCUT2D eigenvalue weighted by Gasteiger charge is 2.35. The first-order valence-electron chi connectivity index (χ1n) is 5.61. The summed E-state index contributed by atoms with van der Waals surface area (Å²) in [6.07, 6.45) is 4.71. The molecule has 5 heteroatoms. The highest BCUT2D eigenvalue weighted by Crippen LogP contribution is 2.38. The molecule has 1 aliphatic rings. The number of rotatable bonds is 2. The Bertz CT molecular complexity index is 527. The first kappa shape index (κ1) is 12.8. The monoisotopic (exact) mass is 263 g/mol. The van der Waals surface area contributed by atoms with Crippen molar-refractivity contribution >= 4 is 12.4 Å². The smallest absolute Gasteiger partial charge is 0.159 e. The Morgan fingerprint density at radius 3 is 2.17 bits per heavy atom. The van der Waals surface area contributed by atoms with Gasteiger partial charge in [-0.15, -0.1) is 12.4 Å². The number of halogens is 1. The van der Waals surface area contributed by atoms with Gasteiger partial charge in [0.15, 0.2) is 5.82 Å². The highest BCUT2D eigenvalue weighted by molar-refractivity contribution is 5.85. The minimum Gasteiger partial charge on any atom is -0.508 e. The zero-order valence-corrected chi connectivity index (χ0v) is 10.5. The van der Waals surface area contributed by atoms with E-state index in [1.165, 1.54) is 0 Å². The maximum absolute atomic E-state index is 9.20. The number of phenols is 1. The molecule has 1 heterocycles. The molecule has 1 saturated carbocycles. The van der Waals surface area contributed by atoms with Gasteiger partial charge < -0.3 is 10.8 Å². The van der Waals surface area contributed by atoms with Crippen molar-refractivity contribution in [3.63, 3.8) is 0 Å². The summed E-state index contributed by atoms with van der Waals surface area (Å²) in [5.41, 5.74) is 7.79. The van der Waals surface area contributed by atoms with Gasteiger partial charge in [0, 0.05) is 29.9 Å². The Hall–Kier alpha value is -1.65. The molecule has 0 bridgehead atoms. The van der Waals surface area contributed by atoms with Crippen molar-refractivity contribution in [1.29, 1.82) is 0 Å². The second-order valence-corrected chi connectivity index (χ2v) is 4.39. The topological polar surface area (TPSA) is 72.0 Å². The molecule has 3 N–H and O–H groups in total. The number of aromatic hydroxyl groups is 1. The molecule has 2 atom stereocenters. The minimum atomic E-state index is 0. The van der Waals surface area contributed by atoms with Gasteiger partial charge in [-0.05, 0) is 36.2 Å². The Morgan fingerprint density at radius 2 is 1.67 bits per heavy atom.